The molecule has 4 nitrogen and oxygen atoms in total. The predicted octanol–water partition coefficient (Wildman–Crippen LogP) is 3.28. The molecule has 2 aromatic rings. The molecule has 116 valence electrons. The Balaban J connectivity index is 1.67. The molecule has 3 rings (SSSR count). The average molecular weight is 304 g/mol. The topological polar surface area (TPSA) is 50.7 Å². The molecule has 0 spiro atoms. The Morgan fingerprint density at radius 1 is 1.27 bits per heavy atom. The van der Waals surface area contributed by atoms with Gasteiger partial charge in [-0.05, 0) is 37.8 Å². The number of nitrogens with one attached hydrogen (secondary N) is 1. The van der Waals surface area contributed by atoms with Crippen molar-refractivity contribution in [2.75, 3.05) is 0 Å². The third-order valence-corrected chi connectivity index (χ3v) is 3.93. The number of aromatic nitrogens is 3. The third-order valence-electron chi connectivity index (χ3n) is 3.93. The number of nitrogens with zero attached hydrogens (tertiary/aromatic N) is 3. The maximum Gasteiger partial charge on any atom is 0.280 e. The summed E-state index contributed by atoms with van der Waals surface area (Å²) in [6.45, 7) is 2.49. The molecular formula is C16H18F2N4. The molecule has 1 unspecified atom stereocenters. The van der Waals surface area contributed by atoms with E-state index in [1.54, 1.807) is 6.07 Å². The Hall–Kier alpha value is -1.95. The van der Waals surface area contributed by atoms with E-state index in [9.17, 15) is 8.78 Å². The fraction of sp³-hybridized carbons (Fsp3) is 0.438. The predicted molar refractivity (Wildman–Crippen MR) is 78.5 cm³/mol. The molecule has 1 atom stereocenters. The summed E-state index contributed by atoms with van der Waals surface area (Å²) in [5.41, 5.74) is 2.97. The SMILES string of the molecule is Cc1ncc2c(n1)CCCC2NCc1ccc(C(F)F)nc1. The highest BCUT2D eigenvalue weighted by molar-refractivity contribution is 5.25. The lowest BCUT2D eigenvalue weighted by Crippen LogP contribution is -2.26. The molecule has 2 aromatic heterocycles. The number of fused-ring (bicyclic) bond motifs is 1. The van der Waals surface area contributed by atoms with Crippen molar-refractivity contribution in [3.05, 3.63) is 52.9 Å². The summed E-state index contributed by atoms with van der Waals surface area (Å²) in [5, 5.41) is 3.45. The van der Waals surface area contributed by atoms with Gasteiger partial charge in [0.15, 0.2) is 0 Å². The molecule has 1 aliphatic carbocycles. The van der Waals surface area contributed by atoms with E-state index < -0.39 is 6.43 Å². The first kappa shape index (κ1) is 15.0. The molecule has 0 fully saturated rings. The second-order valence-electron chi connectivity index (χ2n) is 5.54. The van der Waals surface area contributed by atoms with E-state index in [1.165, 1.54) is 12.3 Å². The number of pyridine rings is 1. The smallest absolute Gasteiger partial charge is 0.280 e. The maximum atomic E-state index is 12.5. The van der Waals surface area contributed by atoms with E-state index in [-0.39, 0.29) is 11.7 Å². The number of rotatable bonds is 4. The third kappa shape index (κ3) is 3.27. The van der Waals surface area contributed by atoms with Gasteiger partial charge in [0.1, 0.15) is 11.5 Å². The van der Waals surface area contributed by atoms with E-state index in [2.05, 4.69) is 20.3 Å². The lowest BCUT2D eigenvalue weighted by Gasteiger charge is -2.25. The second kappa shape index (κ2) is 6.44. The Bertz CT molecular complexity index is 643. The lowest BCUT2D eigenvalue weighted by atomic mass is 9.92. The molecule has 0 radical (unpaired) electrons. The Labute approximate surface area is 128 Å². The molecular weight excluding hydrogens is 286 g/mol. The summed E-state index contributed by atoms with van der Waals surface area (Å²) < 4.78 is 25.0. The quantitative estimate of drug-likeness (QED) is 0.941. The van der Waals surface area contributed by atoms with Crippen molar-refractivity contribution in [3.63, 3.8) is 0 Å². The van der Waals surface area contributed by atoms with Crippen molar-refractivity contribution in [2.45, 2.75) is 45.2 Å². The fourth-order valence-electron chi connectivity index (χ4n) is 2.77. The molecule has 0 amide bonds. The van der Waals surface area contributed by atoms with E-state index >= 15 is 0 Å². The summed E-state index contributed by atoms with van der Waals surface area (Å²) in [4.78, 5) is 12.6. The Kier molecular flexibility index (Phi) is 4.38. The van der Waals surface area contributed by atoms with Gasteiger partial charge in [0, 0.05) is 36.2 Å². The summed E-state index contributed by atoms with van der Waals surface area (Å²) >= 11 is 0. The van der Waals surface area contributed by atoms with Crippen LogP contribution in [0.3, 0.4) is 0 Å². The monoisotopic (exact) mass is 304 g/mol. The van der Waals surface area contributed by atoms with Crippen molar-refractivity contribution in [1.29, 1.82) is 0 Å². The van der Waals surface area contributed by atoms with E-state index in [0.29, 0.717) is 6.54 Å². The zero-order valence-corrected chi connectivity index (χ0v) is 12.4. The van der Waals surface area contributed by atoms with Crippen LogP contribution in [0.2, 0.25) is 0 Å². The Morgan fingerprint density at radius 2 is 2.14 bits per heavy atom. The standard InChI is InChI=1S/C16H18F2N4/c1-10-19-9-12-13(3-2-4-14(12)22-10)20-7-11-5-6-15(16(17)18)21-8-11/h5-6,8-9,13,16,20H,2-4,7H2,1H3. The minimum absolute atomic E-state index is 0.185. The van der Waals surface area contributed by atoms with Crippen LogP contribution in [0.15, 0.2) is 24.5 Å². The van der Waals surface area contributed by atoms with Crippen molar-refractivity contribution in [2.24, 2.45) is 0 Å². The van der Waals surface area contributed by atoms with Gasteiger partial charge in [-0.1, -0.05) is 6.07 Å². The van der Waals surface area contributed by atoms with Gasteiger partial charge in [0.25, 0.3) is 6.43 Å². The molecule has 0 saturated heterocycles. The zero-order chi connectivity index (χ0) is 15.5. The molecule has 22 heavy (non-hydrogen) atoms. The summed E-state index contributed by atoms with van der Waals surface area (Å²) in [7, 11) is 0. The van der Waals surface area contributed by atoms with Gasteiger partial charge in [-0.15, -0.1) is 0 Å². The minimum atomic E-state index is -2.52. The van der Waals surface area contributed by atoms with Gasteiger partial charge in [0.2, 0.25) is 0 Å². The highest BCUT2D eigenvalue weighted by Gasteiger charge is 2.21. The Morgan fingerprint density at radius 3 is 2.86 bits per heavy atom. The van der Waals surface area contributed by atoms with Crippen LogP contribution >= 0.6 is 0 Å². The van der Waals surface area contributed by atoms with Gasteiger partial charge in [0.05, 0.1) is 0 Å². The number of hydrogen-bond acceptors (Lipinski definition) is 4. The first-order chi connectivity index (χ1) is 10.6. The summed E-state index contributed by atoms with van der Waals surface area (Å²) in [6, 6.07) is 3.28. The number of halogens is 2. The molecule has 0 aliphatic heterocycles. The molecule has 0 bridgehead atoms. The minimum Gasteiger partial charge on any atom is -0.306 e. The van der Waals surface area contributed by atoms with Gasteiger partial charge >= 0.3 is 0 Å². The van der Waals surface area contributed by atoms with Crippen molar-refractivity contribution in [3.8, 4) is 0 Å². The lowest BCUT2D eigenvalue weighted by molar-refractivity contribution is 0.146. The highest BCUT2D eigenvalue weighted by Crippen LogP contribution is 2.28. The number of hydrogen-bond donors (Lipinski definition) is 1. The van der Waals surface area contributed by atoms with Crippen molar-refractivity contribution < 1.29 is 8.78 Å². The van der Waals surface area contributed by atoms with Crippen molar-refractivity contribution in [1.82, 2.24) is 20.3 Å². The largest absolute Gasteiger partial charge is 0.306 e. The van der Waals surface area contributed by atoms with Crippen LogP contribution in [0.1, 0.15) is 53.6 Å². The number of aryl methyl sites for hydroxylation is 2. The normalized spacial score (nSPS) is 17.5. The number of alkyl halides is 2. The van der Waals surface area contributed by atoms with Crippen LogP contribution in [0, 0.1) is 6.92 Å². The fourth-order valence-corrected chi connectivity index (χ4v) is 2.77. The van der Waals surface area contributed by atoms with Crippen LogP contribution < -0.4 is 5.32 Å². The molecule has 0 aromatic carbocycles. The average Bonchev–Trinajstić information content (AvgIpc) is 2.52. The molecule has 6 heteroatoms. The van der Waals surface area contributed by atoms with Crippen molar-refractivity contribution >= 4 is 0 Å². The van der Waals surface area contributed by atoms with E-state index in [4.69, 9.17) is 0 Å². The molecule has 1 aliphatic rings. The summed E-state index contributed by atoms with van der Waals surface area (Å²) in [6.07, 6.45) is 3.98. The molecule has 0 saturated carbocycles. The van der Waals surface area contributed by atoms with Crippen LogP contribution in [-0.2, 0) is 13.0 Å². The van der Waals surface area contributed by atoms with Crippen LogP contribution in [0.4, 0.5) is 8.78 Å². The van der Waals surface area contributed by atoms with E-state index in [1.807, 2.05) is 13.1 Å². The molecule has 1 N–H and O–H groups in total. The highest BCUT2D eigenvalue weighted by atomic mass is 19.3. The van der Waals surface area contributed by atoms with Crippen LogP contribution in [-0.4, -0.2) is 15.0 Å². The first-order valence-electron chi connectivity index (χ1n) is 7.42. The first-order valence-corrected chi connectivity index (χ1v) is 7.42. The zero-order valence-electron chi connectivity index (χ0n) is 12.4. The van der Waals surface area contributed by atoms with Crippen LogP contribution in [0.5, 0.6) is 0 Å². The van der Waals surface area contributed by atoms with Gasteiger partial charge in [-0.3, -0.25) is 4.98 Å². The van der Waals surface area contributed by atoms with E-state index in [0.717, 1.165) is 41.9 Å². The summed E-state index contributed by atoms with van der Waals surface area (Å²) in [5.74, 6) is 0.797. The molecule has 2 heterocycles. The van der Waals surface area contributed by atoms with Gasteiger partial charge < -0.3 is 5.32 Å². The van der Waals surface area contributed by atoms with Crippen LogP contribution in [0.25, 0.3) is 0 Å². The second-order valence-corrected chi connectivity index (χ2v) is 5.54. The van der Waals surface area contributed by atoms with Gasteiger partial charge in [-0.2, -0.15) is 0 Å². The maximum absolute atomic E-state index is 12.5. The van der Waals surface area contributed by atoms with Gasteiger partial charge in [-0.25, -0.2) is 18.7 Å².